The zero-order valence-corrected chi connectivity index (χ0v) is 19.9. The summed E-state index contributed by atoms with van der Waals surface area (Å²) in [7, 11) is 1.84. The number of aryl methyl sites for hydroxylation is 2. The molecule has 0 radical (unpaired) electrons. The monoisotopic (exact) mass is 456 g/mol. The van der Waals surface area contributed by atoms with E-state index >= 15 is 0 Å². The predicted octanol–water partition coefficient (Wildman–Crippen LogP) is 4.16. The standard InChI is InChI=1S/C24H29FN4O4/c1-14-18(15(2)27(6)26-14)13-29-20-12-17(11-19(25)21(20)32-23(29)31)16-7-9-28(10-8-16)22(30)33-24(3,4)5/h7,11-12H,8-10,13H2,1-6H3. The Morgan fingerprint density at radius 1 is 1.27 bits per heavy atom. The van der Waals surface area contributed by atoms with Crippen molar-refractivity contribution in [2.24, 2.45) is 7.05 Å². The Morgan fingerprint density at radius 2 is 2.00 bits per heavy atom. The Morgan fingerprint density at radius 3 is 2.58 bits per heavy atom. The second-order valence-electron chi connectivity index (χ2n) is 9.44. The van der Waals surface area contributed by atoms with Gasteiger partial charge in [0.05, 0.1) is 17.8 Å². The van der Waals surface area contributed by atoms with Gasteiger partial charge in [0.1, 0.15) is 5.60 Å². The summed E-state index contributed by atoms with van der Waals surface area (Å²) in [4.78, 5) is 26.5. The summed E-state index contributed by atoms with van der Waals surface area (Å²) in [5.41, 5.74) is 3.99. The van der Waals surface area contributed by atoms with Crippen LogP contribution in [0.4, 0.5) is 9.18 Å². The molecule has 8 nitrogen and oxygen atoms in total. The van der Waals surface area contributed by atoms with Crippen LogP contribution in [0, 0.1) is 19.7 Å². The smallest absolute Gasteiger partial charge is 0.420 e. The summed E-state index contributed by atoms with van der Waals surface area (Å²) in [6.45, 7) is 10.4. The SMILES string of the molecule is Cc1nn(C)c(C)c1Cn1c(=O)oc2c(F)cc(C3=CCN(C(=O)OC(C)(C)C)CC3)cc21. The van der Waals surface area contributed by atoms with Gasteiger partial charge in [-0.15, -0.1) is 0 Å². The van der Waals surface area contributed by atoms with Crippen LogP contribution in [0.1, 0.15) is 49.7 Å². The van der Waals surface area contributed by atoms with E-state index in [0.717, 1.165) is 22.5 Å². The van der Waals surface area contributed by atoms with Crippen molar-refractivity contribution in [3.8, 4) is 0 Å². The minimum Gasteiger partial charge on any atom is -0.444 e. The Hall–Kier alpha value is -3.36. The molecule has 0 bridgehead atoms. The zero-order chi connectivity index (χ0) is 24.1. The van der Waals surface area contributed by atoms with E-state index in [2.05, 4.69) is 5.10 Å². The van der Waals surface area contributed by atoms with Crippen LogP contribution < -0.4 is 5.76 Å². The molecule has 0 saturated heterocycles. The number of benzene rings is 1. The summed E-state index contributed by atoms with van der Waals surface area (Å²) < 4.78 is 28.8. The molecule has 0 unspecified atom stereocenters. The van der Waals surface area contributed by atoms with Gasteiger partial charge in [0.25, 0.3) is 0 Å². The number of nitrogens with zero attached hydrogens (tertiary/aromatic N) is 4. The molecule has 0 aliphatic carbocycles. The molecule has 2 aromatic heterocycles. The van der Waals surface area contributed by atoms with Gasteiger partial charge in [0.15, 0.2) is 11.4 Å². The van der Waals surface area contributed by atoms with E-state index < -0.39 is 17.2 Å². The number of ether oxygens (including phenoxy) is 1. The Bertz CT molecular complexity index is 1320. The summed E-state index contributed by atoms with van der Waals surface area (Å²) in [5.74, 6) is -1.20. The maximum absolute atomic E-state index is 14.9. The minimum atomic E-state index is -0.613. The largest absolute Gasteiger partial charge is 0.444 e. The van der Waals surface area contributed by atoms with Crippen molar-refractivity contribution in [1.82, 2.24) is 19.2 Å². The first-order valence-corrected chi connectivity index (χ1v) is 10.9. The molecular weight excluding hydrogens is 427 g/mol. The Labute approximate surface area is 191 Å². The first-order valence-electron chi connectivity index (χ1n) is 10.9. The quantitative estimate of drug-likeness (QED) is 0.591. The molecule has 0 saturated carbocycles. The van der Waals surface area contributed by atoms with Crippen LogP contribution in [0.25, 0.3) is 16.7 Å². The molecule has 4 rings (SSSR count). The van der Waals surface area contributed by atoms with E-state index in [1.54, 1.807) is 15.6 Å². The van der Waals surface area contributed by atoms with Crippen LogP contribution in [-0.4, -0.2) is 44.0 Å². The average Bonchev–Trinajstić information content (AvgIpc) is 3.17. The van der Waals surface area contributed by atoms with Gasteiger partial charge in [-0.1, -0.05) is 6.08 Å². The molecule has 9 heteroatoms. The van der Waals surface area contributed by atoms with Crippen LogP contribution in [0.5, 0.6) is 0 Å². The lowest BCUT2D eigenvalue weighted by atomic mass is 9.99. The highest BCUT2D eigenvalue weighted by molar-refractivity contribution is 5.81. The predicted molar refractivity (Wildman–Crippen MR) is 123 cm³/mol. The second kappa shape index (κ2) is 8.20. The molecule has 0 fully saturated rings. The van der Waals surface area contributed by atoms with Crippen LogP contribution in [0.15, 0.2) is 27.4 Å². The van der Waals surface area contributed by atoms with E-state index in [-0.39, 0.29) is 18.2 Å². The summed E-state index contributed by atoms with van der Waals surface area (Å²) in [5, 5.41) is 4.40. The van der Waals surface area contributed by atoms with Crippen LogP contribution >= 0.6 is 0 Å². The molecule has 1 aliphatic heterocycles. The van der Waals surface area contributed by atoms with Crippen molar-refractivity contribution >= 4 is 22.8 Å². The number of amides is 1. The van der Waals surface area contributed by atoms with Crippen molar-refractivity contribution in [2.45, 2.75) is 53.2 Å². The molecule has 0 atom stereocenters. The molecular formula is C24H29FN4O4. The Balaban J connectivity index is 1.66. The van der Waals surface area contributed by atoms with Gasteiger partial charge in [-0.05, 0) is 64.3 Å². The summed E-state index contributed by atoms with van der Waals surface area (Å²) in [6.07, 6.45) is 2.07. The van der Waals surface area contributed by atoms with E-state index in [9.17, 15) is 14.0 Å². The topological polar surface area (TPSA) is 82.5 Å². The summed E-state index contributed by atoms with van der Waals surface area (Å²) in [6, 6.07) is 3.16. The lowest BCUT2D eigenvalue weighted by molar-refractivity contribution is 0.0270. The number of oxazole rings is 1. The number of fused-ring (bicyclic) bond motifs is 1. The molecule has 176 valence electrons. The van der Waals surface area contributed by atoms with E-state index in [0.29, 0.717) is 30.6 Å². The molecule has 0 N–H and O–H groups in total. The number of hydrogen-bond acceptors (Lipinski definition) is 5. The number of carbonyl (C=O) groups is 1. The van der Waals surface area contributed by atoms with Crippen molar-refractivity contribution in [3.63, 3.8) is 0 Å². The van der Waals surface area contributed by atoms with Gasteiger partial charge in [0, 0.05) is 31.4 Å². The normalized spacial score (nSPS) is 14.6. The van der Waals surface area contributed by atoms with Gasteiger partial charge in [-0.25, -0.2) is 14.0 Å². The average molecular weight is 457 g/mol. The van der Waals surface area contributed by atoms with Gasteiger partial charge in [-0.2, -0.15) is 5.10 Å². The van der Waals surface area contributed by atoms with E-state index in [1.165, 1.54) is 10.6 Å². The maximum Gasteiger partial charge on any atom is 0.420 e. The minimum absolute atomic E-state index is 0.0604. The fourth-order valence-corrected chi connectivity index (χ4v) is 4.08. The van der Waals surface area contributed by atoms with E-state index in [4.69, 9.17) is 9.15 Å². The first-order chi connectivity index (χ1) is 15.4. The fraction of sp³-hybridized carbons (Fsp3) is 0.458. The molecule has 33 heavy (non-hydrogen) atoms. The van der Waals surface area contributed by atoms with E-state index in [1.807, 2.05) is 47.7 Å². The van der Waals surface area contributed by atoms with Crippen LogP contribution in [-0.2, 0) is 18.3 Å². The van der Waals surface area contributed by atoms with Crippen molar-refractivity contribution in [3.05, 3.63) is 57.1 Å². The number of carbonyl (C=O) groups excluding carboxylic acids is 1. The van der Waals surface area contributed by atoms with Crippen LogP contribution in [0.3, 0.4) is 0 Å². The number of halogens is 1. The van der Waals surface area contributed by atoms with Gasteiger partial charge >= 0.3 is 11.8 Å². The molecule has 1 aromatic carbocycles. The Kier molecular flexibility index (Phi) is 5.67. The van der Waals surface area contributed by atoms with Gasteiger partial charge in [0.2, 0.25) is 0 Å². The highest BCUT2D eigenvalue weighted by Crippen LogP contribution is 2.29. The maximum atomic E-state index is 14.9. The molecule has 3 aromatic rings. The highest BCUT2D eigenvalue weighted by Gasteiger charge is 2.25. The fourth-order valence-electron chi connectivity index (χ4n) is 4.08. The lowest BCUT2D eigenvalue weighted by Gasteiger charge is -2.29. The lowest BCUT2D eigenvalue weighted by Crippen LogP contribution is -2.39. The van der Waals surface area contributed by atoms with Crippen molar-refractivity contribution in [1.29, 1.82) is 0 Å². The first kappa shape index (κ1) is 22.8. The van der Waals surface area contributed by atoms with Gasteiger partial charge in [-0.3, -0.25) is 9.25 Å². The molecule has 1 amide bonds. The van der Waals surface area contributed by atoms with Crippen molar-refractivity contribution in [2.75, 3.05) is 13.1 Å². The van der Waals surface area contributed by atoms with Gasteiger partial charge < -0.3 is 14.1 Å². The summed E-state index contributed by atoms with van der Waals surface area (Å²) >= 11 is 0. The molecule has 1 aliphatic rings. The number of aromatic nitrogens is 3. The molecule has 0 spiro atoms. The van der Waals surface area contributed by atoms with Crippen molar-refractivity contribution < 1.29 is 18.3 Å². The second-order valence-corrected chi connectivity index (χ2v) is 9.44. The van der Waals surface area contributed by atoms with Crippen LogP contribution in [0.2, 0.25) is 0 Å². The third-order valence-corrected chi connectivity index (χ3v) is 5.93. The third kappa shape index (κ3) is 4.44. The molecule has 3 heterocycles. The highest BCUT2D eigenvalue weighted by atomic mass is 19.1. The number of hydrogen-bond donors (Lipinski definition) is 0. The third-order valence-electron chi connectivity index (χ3n) is 5.93. The zero-order valence-electron chi connectivity index (χ0n) is 19.9. The number of rotatable bonds is 3.